The summed E-state index contributed by atoms with van der Waals surface area (Å²) in [5, 5.41) is 5.73. The molecule has 0 saturated heterocycles. The smallest absolute Gasteiger partial charge is 0.263 e. The van der Waals surface area contributed by atoms with Crippen molar-refractivity contribution in [2.75, 3.05) is 31.1 Å². The molecule has 0 unspecified atom stereocenters. The molecule has 0 bridgehead atoms. The monoisotopic (exact) mass is 496 g/mol. The van der Waals surface area contributed by atoms with E-state index < -0.39 is 10.0 Å². The number of fused-ring (bicyclic) bond motifs is 2. The summed E-state index contributed by atoms with van der Waals surface area (Å²) in [6, 6.07) is 20.5. The molecule has 176 valence electrons. The lowest BCUT2D eigenvalue weighted by Gasteiger charge is -2.20. The van der Waals surface area contributed by atoms with E-state index in [1.165, 1.54) is 11.3 Å². The van der Waals surface area contributed by atoms with E-state index in [0.717, 1.165) is 15.6 Å². The Kier molecular flexibility index (Phi) is 6.57. The summed E-state index contributed by atoms with van der Waals surface area (Å²) in [7, 11) is -3.68. The number of benzene rings is 3. The highest BCUT2D eigenvalue weighted by Gasteiger charge is 2.19. The largest absolute Gasteiger partial charge is 0.488 e. The SMILES string of the molecule is O=S(=O)(Nc1cccc(CNCCOc2cccc3c2OCCO3)c1)c1csc2ccccc12. The molecule has 1 aromatic heterocycles. The van der Waals surface area contributed by atoms with Crippen molar-refractivity contribution in [3.05, 3.63) is 77.7 Å². The molecule has 1 aliphatic heterocycles. The zero-order chi connectivity index (χ0) is 23.4. The lowest BCUT2D eigenvalue weighted by molar-refractivity contribution is 0.162. The Morgan fingerprint density at radius 3 is 2.76 bits per heavy atom. The van der Waals surface area contributed by atoms with Crippen molar-refractivity contribution < 1.29 is 22.6 Å². The standard InChI is InChI=1S/C25H24N2O5S2/c28-34(29,24-17-33-23-10-2-1-7-20(23)24)27-19-6-3-5-18(15-19)16-26-11-12-30-21-8-4-9-22-25(21)32-14-13-31-22/h1-10,15,17,26-27H,11-14,16H2. The second kappa shape index (κ2) is 9.92. The quantitative estimate of drug-likeness (QED) is 0.328. The fourth-order valence-corrected chi connectivity index (χ4v) is 6.30. The van der Waals surface area contributed by atoms with E-state index in [4.69, 9.17) is 14.2 Å². The van der Waals surface area contributed by atoms with E-state index in [1.54, 1.807) is 11.4 Å². The maximum Gasteiger partial charge on any atom is 0.263 e. The molecule has 2 N–H and O–H groups in total. The summed E-state index contributed by atoms with van der Waals surface area (Å²) in [5.41, 5.74) is 1.49. The van der Waals surface area contributed by atoms with Gasteiger partial charge in [0.1, 0.15) is 24.7 Å². The first-order chi connectivity index (χ1) is 16.6. The molecule has 0 spiro atoms. The minimum Gasteiger partial charge on any atom is -0.488 e. The van der Waals surface area contributed by atoms with E-state index >= 15 is 0 Å². The van der Waals surface area contributed by atoms with Crippen LogP contribution in [0.1, 0.15) is 5.56 Å². The van der Waals surface area contributed by atoms with Crippen LogP contribution in [0.4, 0.5) is 5.69 Å². The molecule has 0 aliphatic carbocycles. The second-order valence-corrected chi connectivity index (χ2v) is 10.3. The van der Waals surface area contributed by atoms with Crippen LogP contribution in [0.5, 0.6) is 17.2 Å². The highest BCUT2D eigenvalue weighted by molar-refractivity contribution is 7.93. The van der Waals surface area contributed by atoms with Crippen LogP contribution in [0.2, 0.25) is 0 Å². The Bertz CT molecular complexity index is 1400. The maximum absolute atomic E-state index is 13.0. The van der Waals surface area contributed by atoms with Gasteiger partial charge >= 0.3 is 0 Å². The third-order valence-electron chi connectivity index (χ3n) is 5.31. The van der Waals surface area contributed by atoms with Crippen LogP contribution in [0.3, 0.4) is 0 Å². The zero-order valence-electron chi connectivity index (χ0n) is 18.3. The molecule has 34 heavy (non-hydrogen) atoms. The molecule has 9 heteroatoms. The predicted molar refractivity (Wildman–Crippen MR) is 134 cm³/mol. The van der Waals surface area contributed by atoms with Crippen LogP contribution in [-0.4, -0.2) is 34.8 Å². The van der Waals surface area contributed by atoms with Gasteiger partial charge in [0.2, 0.25) is 5.75 Å². The Morgan fingerprint density at radius 1 is 0.971 bits per heavy atom. The molecule has 0 saturated carbocycles. The number of nitrogens with one attached hydrogen (secondary N) is 2. The van der Waals surface area contributed by atoms with Gasteiger partial charge in [-0.25, -0.2) is 8.42 Å². The van der Waals surface area contributed by atoms with Crippen LogP contribution in [0.15, 0.2) is 77.0 Å². The molecular weight excluding hydrogens is 472 g/mol. The summed E-state index contributed by atoms with van der Waals surface area (Å²) in [5.74, 6) is 2.01. The third-order valence-corrected chi connectivity index (χ3v) is 7.84. The molecule has 4 aromatic rings. The fraction of sp³-hybridized carbons (Fsp3) is 0.200. The van der Waals surface area contributed by atoms with E-state index in [1.807, 2.05) is 60.7 Å². The number of sulfonamides is 1. The van der Waals surface area contributed by atoms with Crippen molar-refractivity contribution in [2.45, 2.75) is 11.4 Å². The van der Waals surface area contributed by atoms with Crippen molar-refractivity contribution in [1.29, 1.82) is 0 Å². The topological polar surface area (TPSA) is 85.9 Å². The van der Waals surface area contributed by atoms with Gasteiger partial charge < -0.3 is 19.5 Å². The van der Waals surface area contributed by atoms with Gasteiger partial charge in [-0.1, -0.05) is 36.4 Å². The van der Waals surface area contributed by atoms with Crippen molar-refractivity contribution in [1.82, 2.24) is 5.32 Å². The number of rotatable bonds is 9. The molecule has 2 heterocycles. The van der Waals surface area contributed by atoms with Crippen molar-refractivity contribution in [3.8, 4) is 17.2 Å². The first-order valence-electron chi connectivity index (χ1n) is 10.9. The molecule has 5 rings (SSSR count). The molecular formula is C25H24N2O5S2. The highest BCUT2D eigenvalue weighted by atomic mass is 32.2. The van der Waals surface area contributed by atoms with Gasteiger partial charge in [-0.05, 0) is 35.9 Å². The van der Waals surface area contributed by atoms with E-state index in [-0.39, 0.29) is 0 Å². The average Bonchev–Trinajstić information content (AvgIpc) is 3.29. The second-order valence-electron chi connectivity index (χ2n) is 7.71. The van der Waals surface area contributed by atoms with Gasteiger partial charge in [0.25, 0.3) is 10.0 Å². The highest BCUT2D eigenvalue weighted by Crippen LogP contribution is 2.38. The molecule has 0 fully saturated rings. The lowest BCUT2D eigenvalue weighted by atomic mass is 10.2. The zero-order valence-corrected chi connectivity index (χ0v) is 20.0. The van der Waals surface area contributed by atoms with Gasteiger partial charge in [-0.2, -0.15) is 0 Å². The summed E-state index contributed by atoms with van der Waals surface area (Å²) in [6.45, 7) is 2.69. The van der Waals surface area contributed by atoms with Gasteiger partial charge in [0, 0.05) is 34.2 Å². The summed E-state index contributed by atoms with van der Waals surface area (Å²) >= 11 is 1.42. The van der Waals surface area contributed by atoms with E-state index in [0.29, 0.717) is 60.7 Å². The fourth-order valence-electron chi connectivity index (χ4n) is 3.74. The number of thiophene rings is 1. The minimum atomic E-state index is -3.68. The molecule has 7 nitrogen and oxygen atoms in total. The molecule has 0 atom stereocenters. The average molecular weight is 497 g/mol. The van der Waals surface area contributed by atoms with Gasteiger partial charge in [-0.15, -0.1) is 11.3 Å². The summed E-state index contributed by atoms with van der Waals surface area (Å²) in [6.07, 6.45) is 0. The third kappa shape index (κ3) is 4.96. The van der Waals surface area contributed by atoms with Gasteiger partial charge in [-0.3, -0.25) is 4.72 Å². The molecule has 0 amide bonds. The summed E-state index contributed by atoms with van der Waals surface area (Å²) < 4.78 is 46.7. The van der Waals surface area contributed by atoms with Crippen LogP contribution >= 0.6 is 11.3 Å². The normalized spacial score (nSPS) is 13.1. The van der Waals surface area contributed by atoms with Gasteiger partial charge in [0.15, 0.2) is 11.5 Å². The van der Waals surface area contributed by atoms with Crippen LogP contribution in [0, 0.1) is 0 Å². The van der Waals surface area contributed by atoms with E-state index in [2.05, 4.69) is 10.0 Å². The van der Waals surface area contributed by atoms with Crippen molar-refractivity contribution in [2.24, 2.45) is 0 Å². The first kappa shape index (κ1) is 22.5. The number of anilines is 1. The van der Waals surface area contributed by atoms with Crippen LogP contribution < -0.4 is 24.2 Å². The summed E-state index contributed by atoms with van der Waals surface area (Å²) in [4.78, 5) is 0.297. The predicted octanol–water partition coefficient (Wildman–Crippen LogP) is 4.64. The molecule has 3 aromatic carbocycles. The Labute approximate surface area is 202 Å². The minimum absolute atomic E-state index is 0.297. The number of hydrogen-bond donors (Lipinski definition) is 2. The van der Waals surface area contributed by atoms with E-state index in [9.17, 15) is 8.42 Å². The Morgan fingerprint density at radius 2 is 1.82 bits per heavy atom. The van der Waals surface area contributed by atoms with Gasteiger partial charge in [0.05, 0.1) is 0 Å². The number of hydrogen-bond acceptors (Lipinski definition) is 7. The van der Waals surface area contributed by atoms with Crippen LogP contribution in [-0.2, 0) is 16.6 Å². The Hall–Kier alpha value is -3.27. The maximum atomic E-state index is 13.0. The van der Waals surface area contributed by atoms with Crippen molar-refractivity contribution >= 4 is 37.1 Å². The van der Waals surface area contributed by atoms with Crippen molar-refractivity contribution in [3.63, 3.8) is 0 Å². The lowest BCUT2D eigenvalue weighted by Crippen LogP contribution is -2.21. The molecule has 1 aliphatic rings. The number of ether oxygens (including phenoxy) is 3. The Balaban J connectivity index is 1.16. The molecule has 0 radical (unpaired) electrons. The first-order valence-corrected chi connectivity index (χ1v) is 13.3. The van der Waals surface area contributed by atoms with Crippen LogP contribution in [0.25, 0.3) is 10.1 Å². The number of para-hydroxylation sites is 1.